The number of fused-ring (bicyclic) bond motifs is 1. The van der Waals surface area contributed by atoms with E-state index in [0.29, 0.717) is 13.1 Å². The summed E-state index contributed by atoms with van der Waals surface area (Å²) < 4.78 is 6.07. The lowest BCUT2D eigenvalue weighted by Crippen LogP contribution is -2.43. The molecule has 2 fully saturated rings. The molecule has 2 amide bonds. The average Bonchev–Trinajstić information content (AvgIpc) is 3.17. The number of amides is 2. The molecule has 3 aliphatic rings. The van der Waals surface area contributed by atoms with Crippen LogP contribution in [-0.2, 0) is 20.9 Å². The van der Waals surface area contributed by atoms with Crippen LogP contribution in [0.25, 0.3) is 0 Å². The molecule has 4 rings (SSSR count). The first-order valence-corrected chi connectivity index (χ1v) is 8.06. The van der Waals surface area contributed by atoms with Gasteiger partial charge in [0.15, 0.2) is 0 Å². The van der Waals surface area contributed by atoms with Crippen LogP contribution in [0.2, 0.25) is 0 Å². The Morgan fingerprint density at radius 1 is 1.42 bits per heavy atom. The number of carbonyl (C=O) groups excluding carboxylic acids is 2. The largest absolute Gasteiger partial charge is 0.360 e. The number of likely N-dealkylation sites (tertiary alicyclic amines) is 1. The van der Waals surface area contributed by atoms with Crippen molar-refractivity contribution in [3.8, 4) is 0 Å². The van der Waals surface area contributed by atoms with Crippen molar-refractivity contribution in [2.75, 3.05) is 20.6 Å². The Morgan fingerprint density at radius 2 is 2.21 bits per heavy atom. The van der Waals surface area contributed by atoms with E-state index < -0.39 is 17.4 Å². The third-order valence-electron chi connectivity index (χ3n) is 5.09. The van der Waals surface area contributed by atoms with E-state index in [4.69, 9.17) is 4.74 Å². The van der Waals surface area contributed by atoms with Gasteiger partial charge in [0.25, 0.3) is 0 Å². The van der Waals surface area contributed by atoms with Crippen LogP contribution in [-0.4, -0.2) is 63.9 Å². The van der Waals surface area contributed by atoms with E-state index in [0.717, 1.165) is 11.4 Å². The van der Waals surface area contributed by atoms with Crippen LogP contribution < -0.4 is 0 Å². The quantitative estimate of drug-likeness (QED) is 0.739. The zero-order chi connectivity index (χ0) is 17.1. The summed E-state index contributed by atoms with van der Waals surface area (Å²) in [5.74, 6) is -0.974. The predicted molar refractivity (Wildman–Crippen MR) is 84.6 cm³/mol. The van der Waals surface area contributed by atoms with Gasteiger partial charge in [-0.05, 0) is 6.92 Å². The van der Waals surface area contributed by atoms with Crippen molar-refractivity contribution in [3.63, 3.8) is 0 Å². The highest BCUT2D eigenvalue weighted by Crippen LogP contribution is 2.52. The Labute approximate surface area is 140 Å². The molecule has 7 nitrogen and oxygen atoms in total. The molecule has 1 spiro atoms. The predicted octanol–water partition coefficient (Wildman–Crippen LogP) is 0.155. The summed E-state index contributed by atoms with van der Waals surface area (Å²) in [5, 5.41) is 0. The molecule has 2 saturated heterocycles. The molecule has 24 heavy (non-hydrogen) atoms. The summed E-state index contributed by atoms with van der Waals surface area (Å²) in [6.07, 6.45) is 6.96. The molecule has 4 atom stereocenters. The maximum atomic E-state index is 13.0. The van der Waals surface area contributed by atoms with Gasteiger partial charge in [0.2, 0.25) is 11.8 Å². The first kappa shape index (κ1) is 15.3. The molecule has 4 heterocycles. The maximum Gasteiger partial charge on any atom is 0.230 e. The molecule has 7 heteroatoms. The smallest absolute Gasteiger partial charge is 0.230 e. The lowest BCUT2D eigenvalue weighted by Gasteiger charge is -2.25. The van der Waals surface area contributed by atoms with E-state index in [2.05, 4.69) is 9.97 Å². The lowest BCUT2D eigenvalue weighted by molar-refractivity contribution is -0.141. The molecule has 1 aromatic heterocycles. The van der Waals surface area contributed by atoms with Gasteiger partial charge in [-0.3, -0.25) is 19.6 Å². The molecule has 0 aromatic carbocycles. The van der Waals surface area contributed by atoms with Crippen LogP contribution in [0.3, 0.4) is 0 Å². The van der Waals surface area contributed by atoms with Crippen molar-refractivity contribution in [2.24, 2.45) is 11.8 Å². The van der Waals surface area contributed by atoms with Gasteiger partial charge >= 0.3 is 0 Å². The highest BCUT2D eigenvalue weighted by Gasteiger charge is 2.66. The van der Waals surface area contributed by atoms with Gasteiger partial charge in [-0.2, -0.15) is 0 Å². The minimum absolute atomic E-state index is 0.0376. The zero-order valence-corrected chi connectivity index (χ0v) is 14.0. The highest BCUT2D eigenvalue weighted by atomic mass is 16.5. The van der Waals surface area contributed by atoms with Gasteiger partial charge in [0.1, 0.15) is 5.60 Å². The standard InChI is InChI=1S/C17H20N4O3/c1-10-6-19-11(7-18-10)8-21-9-17-5-4-12(24-17)13(14(17)16(21)23)15(22)20(2)3/h4-7,12-14H,8-9H2,1-3H3/t12-,13?,14?,17-/m1/s1. The molecule has 2 bridgehead atoms. The topological polar surface area (TPSA) is 75.6 Å². The van der Waals surface area contributed by atoms with Crippen LogP contribution in [0.15, 0.2) is 24.5 Å². The number of aromatic nitrogens is 2. The summed E-state index contributed by atoms with van der Waals surface area (Å²) in [4.78, 5) is 37.3. The molecule has 0 aliphatic carbocycles. The second-order valence-electron chi connectivity index (χ2n) is 6.98. The van der Waals surface area contributed by atoms with Crippen LogP contribution in [0.1, 0.15) is 11.4 Å². The van der Waals surface area contributed by atoms with Crippen LogP contribution in [0.5, 0.6) is 0 Å². The van der Waals surface area contributed by atoms with Crippen molar-refractivity contribution >= 4 is 11.8 Å². The average molecular weight is 328 g/mol. The van der Waals surface area contributed by atoms with E-state index in [1.54, 1.807) is 31.4 Å². The van der Waals surface area contributed by atoms with E-state index in [-0.39, 0.29) is 17.9 Å². The van der Waals surface area contributed by atoms with Crippen LogP contribution in [0, 0.1) is 18.8 Å². The third-order valence-corrected chi connectivity index (χ3v) is 5.09. The molecule has 1 aromatic rings. The number of carbonyl (C=O) groups is 2. The number of aryl methyl sites for hydroxylation is 1. The number of hydrogen-bond acceptors (Lipinski definition) is 5. The van der Waals surface area contributed by atoms with Crippen molar-refractivity contribution in [1.82, 2.24) is 19.8 Å². The molecular weight excluding hydrogens is 308 g/mol. The fraction of sp³-hybridized carbons (Fsp3) is 0.529. The molecule has 0 radical (unpaired) electrons. The summed E-state index contributed by atoms with van der Waals surface area (Å²) in [5.41, 5.74) is 0.902. The van der Waals surface area contributed by atoms with Gasteiger partial charge in [0.05, 0.1) is 48.6 Å². The van der Waals surface area contributed by atoms with E-state index in [1.165, 1.54) is 4.90 Å². The summed E-state index contributed by atoms with van der Waals surface area (Å²) in [7, 11) is 3.42. The van der Waals surface area contributed by atoms with Crippen molar-refractivity contribution in [2.45, 2.75) is 25.2 Å². The van der Waals surface area contributed by atoms with E-state index in [9.17, 15) is 9.59 Å². The monoisotopic (exact) mass is 328 g/mol. The Hall–Kier alpha value is -2.28. The molecule has 0 saturated carbocycles. The van der Waals surface area contributed by atoms with E-state index >= 15 is 0 Å². The minimum atomic E-state index is -0.670. The number of rotatable bonds is 3. The number of nitrogens with zero attached hydrogens (tertiary/aromatic N) is 4. The Morgan fingerprint density at radius 3 is 2.88 bits per heavy atom. The van der Waals surface area contributed by atoms with Gasteiger partial charge in [-0.1, -0.05) is 12.2 Å². The second kappa shape index (κ2) is 5.11. The normalized spacial score (nSPS) is 33.2. The number of ether oxygens (including phenoxy) is 1. The maximum absolute atomic E-state index is 13.0. The summed E-state index contributed by atoms with van der Waals surface area (Å²) in [6.45, 7) is 2.71. The Kier molecular flexibility index (Phi) is 3.25. The molecule has 2 unspecified atom stereocenters. The minimum Gasteiger partial charge on any atom is -0.360 e. The van der Waals surface area contributed by atoms with Gasteiger partial charge in [-0.15, -0.1) is 0 Å². The van der Waals surface area contributed by atoms with Crippen molar-refractivity contribution in [3.05, 3.63) is 35.9 Å². The molecule has 126 valence electrons. The number of hydrogen-bond donors (Lipinski definition) is 0. The lowest BCUT2D eigenvalue weighted by atomic mass is 9.76. The highest BCUT2D eigenvalue weighted by molar-refractivity contribution is 5.92. The van der Waals surface area contributed by atoms with Gasteiger partial charge in [0, 0.05) is 20.3 Å². The molecule has 3 aliphatic heterocycles. The van der Waals surface area contributed by atoms with Crippen molar-refractivity contribution in [1.29, 1.82) is 0 Å². The Bertz CT molecular complexity index is 730. The fourth-order valence-corrected chi connectivity index (χ4v) is 3.99. The third kappa shape index (κ3) is 2.07. The zero-order valence-electron chi connectivity index (χ0n) is 14.0. The molecular formula is C17H20N4O3. The molecule has 0 N–H and O–H groups in total. The van der Waals surface area contributed by atoms with E-state index in [1.807, 2.05) is 19.1 Å². The van der Waals surface area contributed by atoms with Crippen molar-refractivity contribution < 1.29 is 14.3 Å². The first-order valence-electron chi connectivity index (χ1n) is 8.06. The first-order chi connectivity index (χ1) is 11.4. The summed E-state index contributed by atoms with van der Waals surface area (Å²) >= 11 is 0. The Balaban J connectivity index is 1.60. The van der Waals surface area contributed by atoms with Crippen LogP contribution >= 0.6 is 0 Å². The van der Waals surface area contributed by atoms with Gasteiger partial charge < -0.3 is 14.5 Å². The second-order valence-corrected chi connectivity index (χ2v) is 6.98. The van der Waals surface area contributed by atoms with Crippen LogP contribution in [0.4, 0.5) is 0 Å². The van der Waals surface area contributed by atoms with Gasteiger partial charge in [-0.25, -0.2) is 0 Å². The fourth-order valence-electron chi connectivity index (χ4n) is 3.99. The SMILES string of the molecule is Cc1cnc(CN2C[C@@]34C=C[C@@H](O3)C(C(=O)N(C)C)C4C2=O)cn1. The summed E-state index contributed by atoms with van der Waals surface area (Å²) in [6, 6.07) is 0.